The largest absolute Gasteiger partial charge is 0.454 e. The van der Waals surface area contributed by atoms with Crippen molar-refractivity contribution in [1.82, 2.24) is 5.43 Å². The molecule has 0 bridgehead atoms. The Kier molecular flexibility index (Phi) is 7.35. The number of halogens is 3. The van der Waals surface area contributed by atoms with Gasteiger partial charge in [0.25, 0.3) is 0 Å². The van der Waals surface area contributed by atoms with Crippen molar-refractivity contribution >= 4 is 62.8 Å². The highest BCUT2D eigenvalue weighted by atomic mass is 79.9. The molecule has 0 aliphatic carbocycles. The smallest absolute Gasteiger partial charge is 0.240 e. The number of nitrogens with zero attached hydrogens (tertiary/aromatic N) is 1. The van der Waals surface area contributed by atoms with Crippen molar-refractivity contribution in [1.29, 1.82) is 0 Å². The van der Waals surface area contributed by atoms with E-state index >= 15 is 0 Å². The number of ether oxygens (including phenoxy) is 2. The van der Waals surface area contributed by atoms with E-state index in [1.807, 2.05) is 0 Å². The molecule has 7 nitrogen and oxygen atoms in total. The van der Waals surface area contributed by atoms with Gasteiger partial charge in [-0.1, -0.05) is 23.2 Å². The van der Waals surface area contributed by atoms with Crippen LogP contribution in [-0.4, -0.2) is 24.8 Å². The molecule has 0 spiro atoms. The van der Waals surface area contributed by atoms with Crippen molar-refractivity contribution in [3.63, 3.8) is 0 Å². The molecule has 0 radical (unpaired) electrons. The second kappa shape index (κ2) is 9.96. The number of nitrogens with one attached hydrogen (secondary N) is 2. The fourth-order valence-corrected chi connectivity index (χ4v) is 3.19. The Balaban J connectivity index is 1.40. The van der Waals surface area contributed by atoms with Crippen LogP contribution in [0.1, 0.15) is 24.8 Å². The third kappa shape index (κ3) is 6.09. The summed E-state index contributed by atoms with van der Waals surface area (Å²) in [6.07, 6.45) is 2.22. The van der Waals surface area contributed by atoms with E-state index in [9.17, 15) is 9.59 Å². The Morgan fingerprint density at radius 3 is 2.55 bits per heavy atom. The van der Waals surface area contributed by atoms with Crippen LogP contribution in [0.15, 0.2) is 39.9 Å². The van der Waals surface area contributed by atoms with E-state index in [1.54, 1.807) is 30.3 Å². The maximum atomic E-state index is 11.9. The Morgan fingerprint density at radius 1 is 1.07 bits per heavy atom. The van der Waals surface area contributed by atoms with Crippen molar-refractivity contribution in [2.45, 2.75) is 19.3 Å². The molecular weight excluding hydrogens is 485 g/mol. The Labute approximate surface area is 185 Å². The maximum absolute atomic E-state index is 11.9. The van der Waals surface area contributed by atoms with E-state index in [0.29, 0.717) is 33.7 Å². The monoisotopic (exact) mass is 499 g/mol. The molecule has 2 aromatic rings. The first kappa shape index (κ1) is 21.4. The van der Waals surface area contributed by atoms with Gasteiger partial charge >= 0.3 is 0 Å². The highest BCUT2D eigenvalue weighted by Crippen LogP contribution is 2.36. The zero-order chi connectivity index (χ0) is 20.8. The Morgan fingerprint density at radius 2 is 1.79 bits per heavy atom. The lowest BCUT2D eigenvalue weighted by atomic mass is 10.2. The van der Waals surface area contributed by atoms with Gasteiger partial charge in [-0.25, -0.2) is 5.43 Å². The molecule has 2 aromatic carbocycles. The number of hydrazone groups is 1. The highest BCUT2D eigenvalue weighted by molar-refractivity contribution is 9.10. The molecule has 10 heteroatoms. The summed E-state index contributed by atoms with van der Waals surface area (Å²) in [6, 6.07) is 8.36. The fraction of sp³-hybridized carbons (Fsp3) is 0.211. The molecule has 1 aliphatic heterocycles. The summed E-state index contributed by atoms with van der Waals surface area (Å²) in [6.45, 7) is 0.178. The molecule has 1 aliphatic rings. The van der Waals surface area contributed by atoms with Crippen molar-refractivity contribution in [3.05, 3.63) is 50.4 Å². The minimum atomic E-state index is -0.291. The Hall–Kier alpha value is -2.29. The van der Waals surface area contributed by atoms with Crippen LogP contribution in [0.2, 0.25) is 10.0 Å². The summed E-state index contributed by atoms with van der Waals surface area (Å²) in [5.41, 5.74) is 3.72. The topological polar surface area (TPSA) is 89.0 Å². The van der Waals surface area contributed by atoms with Crippen LogP contribution < -0.4 is 20.2 Å². The van der Waals surface area contributed by atoms with Crippen molar-refractivity contribution in [2.24, 2.45) is 5.10 Å². The number of rotatable bonds is 7. The van der Waals surface area contributed by atoms with Gasteiger partial charge in [0, 0.05) is 28.6 Å². The summed E-state index contributed by atoms with van der Waals surface area (Å²) >= 11 is 15.2. The average Bonchev–Trinajstić information content (AvgIpc) is 3.12. The van der Waals surface area contributed by atoms with Gasteiger partial charge in [-0.05, 0) is 52.7 Å². The number of hydrogen-bond donors (Lipinski definition) is 2. The van der Waals surface area contributed by atoms with Crippen LogP contribution in [0.25, 0.3) is 0 Å². The molecule has 0 saturated carbocycles. The van der Waals surface area contributed by atoms with Crippen molar-refractivity contribution < 1.29 is 19.1 Å². The van der Waals surface area contributed by atoms with Gasteiger partial charge in [0.2, 0.25) is 18.6 Å². The van der Waals surface area contributed by atoms with Gasteiger partial charge in [-0.2, -0.15) is 5.10 Å². The number of hydrogen-bond acceptors (Lipinski definition) is 5. The number of amides is 2. The lowest BCUT2D eigenvalue weighted by Crippen LogP contribution is -2.18. The third-order valence-electron chi connectivity index (χ3n) is 3.90. The molecule has 2 N–H and O–H groups in total. The molecule has 152 valence electrons. The quantitative estimate of drug-likeness (QED) is 0.424. The highest BCUT2D eigenvalue weighted by Gasteiger charge is 2.15. The van der Waals surface area contributed by atoms with Crippen LogP contribution in [0.5, 0.6) is 11.5 Å². The van der Waals surface area contributed by atoms with E-state index in [-0.39, 0.29) is 31.4 Å². The molecule has 0 aromatic heterocycles. The van der Waals surface area contributed by atoms with E-state index < -0.39 is 0 Å². The SMILES string of the molecule is O=C(CCCC(=O)Nc1ccc(Cl)c(Cl)c1)N/N=C\c1cc2c(cc1Br)OCO2. The predicted octanol–water partition coefficient (Wildman–Crippen LogP) is 4.74. The van der Waals surface area contributed by atoms with Crippen LogP contribution in [0.4, 0.5) is 5.69 Å². The normalized spacial score (nSPS) is 12.2. The zero-order valence-corrected chi connectivity index (χ0v) is 18.1. The van der Waals surface area contributed by atoms with E-state index in [4.69, 9.17) is 32.7 Å². The molecule has 29 heavy (non-hydrogen) atoms. The van der Waals surface area contributed by atoms with E-state index in [2.05, 4.69) is 31.8 Å². The second-order valence-corrected chi connectivity index (χ2v) is 7.72. The molecule has 2 amide bonds. The molecule has 0 unspecified atom stereocenters. The van der Waals surface area contributed by atoms with Crippen LogP contribution in [-0.2, 0) is 9.59 Å². The van der Waals surface area contributed by atoms with Gasteiger partial charge < -0.3 is 14.8 Å². The van der Waals surface area contributed by atoms with Crippen molar-refractivity contribution in [3.8, 4) is 11.5 Å². The predicted molar refractivity (Wildman–Crippen MR) is 115 cm³/mol. The first-order valence-corrected chi connectivity index (χ1v) is 10.1. The number of benzene rings is 2. The van der Waals surface area contributed by atoms with E-state index in [0.717, 1.165) is 10.0 Å². The lowest BCUT2D eigenvalue weighted by molar-refractivity contribution is -0.121. The van der Waals surface area contributed by atoms with E-state index in [1.165, 1.54) is 6.21 Å². The lowest BCUT2D eigenvalue weighted by Gasteiger charge is -2.06. The van der Waals surface area contributed by atoms with Crippen molar-refractivity contribution in [2.75, 3.05) is 12.1 Å². The number of anilines is 1. The summed E-state index contributed by atoms with van der Waals surface area (Å²) in [5.74, 6) is 0.760. The first-order chi connectivity index (χ1) is 13.9. The maximum Gasteiger partial charge on any atom is 0.240 e. The van der Waals surface area contributed by atoms with Crippen LogP contribution in [0.3, 0.4) is 0 Å². The first-order valence-electron chi connectivity index (χ1n) is 8.58. The van der Waals surface area contributed by atoms with Gasteiger partial charge in [-0.3, -0.25) is 9.59 Å². The summed E-state index contributed by atoms with van der Waals surface area (Å²) in [7, 11) is 0. The molecular formula is C19H16BrCl2N3O4. The van der Waals surface area contributed by atoms with Crippen LogP contribution >= 0.6 is 39.1 Å². The molecule has 1 heterocycles. The fourth-order valence-electron chi connectivity index (χ4n) is 2.47. The minimum Gasteiger partial charge on any atom is -0.454 e. The number of carbonyl (C=O) groups excluding carboxylic acids is 2. The minimum absolute atomic E-state index is 0.161. The van der Waals surface area contributed by atoms with Gasteiger partial charge in [0.15, 0.2) is 11.5 Å². The second-order valence-electron chi connectivity index (χ2n) is 6.05. The molecule has 0 fully saturated rings. The summed E-state index contributed by atoms with van der Waals surface area (Å²) in [5, 5.41) is 7.41. The van der Waals surface area contributed by atoms with Gasteiger partial charge in [0.1, 0.15) is 0 Å². The number of fused-ring (bicyclic) bond motifs is 1. The standard InChI is InChI=1S/C19H16BrCl2N3O4/c20-13-8-17-16(28-10-29-17)6-11(13)9-23-25-19(27)3-1-2-18(26)24-12-4-5-14(21)15(22)7-12/h4-9H,1-3,10H2,(H,24,26)(H,25,27)/b23-9-. The summed E-state index contributed by atoms with van der Waals surface area (Å²) in [4.78, 5) is 23.8. The zero-order valence-electron chi connectivity index (χ0n) is 15.0. The molecule has 3 rings (SSSR count). The van der Waals surface area contributed by atoms with Gasteiger partial charge in [0.05, 0.1) is 16.3 Å². The average molecular weight is 501 g/mol. The van der Waals surface area contributed by atoms with Crippen LogP contribution in [0, 0.1) is 0 Å². The number of carbonyl (C=O) groups is 2. The summed E-state index contributed by atoms with van der Waals surface area (Å²) < 4.78 is 11.3. The third-order valence-corrected chi connectivity index (χ3v) is 5.32. The molecule has 0 saturated heterocycles. The van der Waals surface area contributed by atoms with Gasteiger partial charge in [-0.15, -0.1) is 0 Å². The Bertz CT molecular complexity index is 969. The molecule has 0 atom stereocenters.